The standard InChI is InChI=1S/C71H29F3N12/c72-71(73,74)63-23-40(30-75)1-6-58(63)70-68(85-64-7-2-50(54-15-41(31-76)11-42(16-54)32-77)26-59(64)60-27-51(3-8-65(60)85)55-17-43(33-78)12-44(18-55)34-79)24-49(39-84)25-69(70)86-66-9-4-52(56-19-45(35-80)13-46(20-56)36-81)28-61(66)62-29-53(5-10-67(62)86)57-21-47(37-82)14-48(22-57)38-83/h1-29H. The monoisotopic (exact) mass is 1110 g/mol. The molecule has 2 heterocycles. The van der Waals surface area contributed by atoms with Gasteiger partial charge in [-0.05, 0) is 196 Å². The van der Waals surface area contributed by atoms with Crippen molar-refractivity contribution in [3.05, 3.63) is 237 Å². The van der Waals surface area contributed by atoms with Crippen molar-refractivity contribution in [3.8, 4) is 128 Å². The fourth-order valence-corrected chi connectivity index (χ4v) is 11.3. The topological polar surface area (TPSA) is 248 Å². The molecule has 15 heteroatoms. The summed E-state index contributed by atoms with van der Waals surface area (Å²) < 4.78 is 51.7. The summed E-state index contributed by atoms with van der Waals surface area (Å²) in [6.07, 6.45) is -5.07. The SMILES string of the molecule is N#Cc1cc(C#N)cc(-c2ccc3c(c2)c2cc(-c4cc(C#N)cc(C#N)c4)ccc2n3-c2cc(C#N)cc(-n3c4ccc(-c5cc(C#N)cc(C#N)c5)cc4c4cc(-c5cc(C#N)cc(C#N)c5)ccc43)c2-c2ccc(C#N)cc2C(F)(F)F)c1. The molecule has 0 radical (unpaired) electrons. The van der Waals surface area contributed by atoms with Crippen LogP contribution in [0.15, 0.2) is 176 Å². The zero-order valence-corrected chi connectivity index (χ0v) is 44.2. The number of rotatable bonds is 7. The van der Waals surface area contributed by atoms with Gasteiger partial charge in [-0.15, -0.1) is 0 Å². The average Bonchev–Trinajstić information content (AvgIpc) is 1.62. The maximum absolute atomic E-state index is 16.1. The van der Waals surface area contributed by atoms with Gasteiger partial charge in [0, 0.05) is 27.1 Å². The molecule has 0 saturated carbocycles. The highest BCUT2D eigenvalue weighted by Gasteiger charge is 2.36. The summed E-state index contributed by atoms with van der Waals surface area (Å²) in [6.45, 7) is 0. The summed E-state index contributed by atoms with van der Waals surface area (Å²) in [6, 6.07) is 67.5. The molecule has 0 aliphatic carbocycles. The lowest BCUT2D eigenvalue weighted by atomic mass is 9.92. The van der Waals surface area contributed by atoms with Gasteiger partial charge in [-0.25, -0.2) is 0 Å². The molecule has 86 heavy (non-hydrogen) atoms. The van der Waals surface area contributed by atoms with E-state index in [0.717, 1.165) is 6.07 Å². The lowest BCUT2D eigenvalue weighted by molar-refractivity contribution is -0.137. The number of aromatic nitrogens is 2. The Morgan fingerprint density at radius 2 is 0.512 bits per heavy atom. The summed E-state index contributed by atoms with van der Waals surface area (Å²) in [5, 5.41) is 103. The Morgan fingerprint density at radius 1 is 0.256 bits per heavy atom. The lowest BCUT2D eigenvalue weighted by Crippen LogP contribution is -2.11. The van der Waals surface area contributed by atoms with Gasteiger partial charge in [-0.1, -0.05) is 30.3 Å². The van der Waals surface area contributed by atoms with E-state index in [0.29, 0.717) is 88.1 Å². The molecule has 394 valence electrons. The van der Waals surface area contributed by atoms with Gasteiger partial charge >= 0.3 is 6.18 Å². The summed E-state index contributed by atoms with van der Waals surface area (Å²) >= 11 is 0. The molecule has 12 nitrogen and oxygen atoms in total. The van der Waals surface area contributed by atoms with E-state index in [2.05, 4.69) is 54.6 Å². The molecule has 10 aromatic carbocycles. The van der Waals surface area contributed by atoms with Crippen LogP contribution in [0.25, 0.3) is 111 Å². The molecule has 0 amide bonds. The predicted molar refractivity (Wildman–Crippen MR) is 314 cm³/mol. The van der Waals surface area contributed by atoms with Crippen LogP contribution in [0.4, 0.5) is 13.2 Å². The van der Waals surface area contributed by atoms with Crippen LogP contribution in [0, 0.1) is 113 Å². The summed E-state index contributed by atoms with van der Waals surface area (Å²) in [4.78, 5) is 0. The van der Waals surface area contributed by atoms with Crippen LogP contribution in [-0.2, 0) is 6.18 Å². The number of halogens is 3. The van der Waals surface area contributed by atoms with Crippen LogP contribution >= 0.6 is 0 Å². The van der Waals surface area contributed by atoms with Crippen molar-refractivity contribution < 1.29 is 13.2 Å². The predicted octanol–water partition coefficient (Wildman–Crippen LogP) is 16.0. The number of hydrogen-bond acceptors (Lipinski definition) is 10. The van der Waals surface area contributed by atoms with Crippen LogP contribution in [0.5, 0.6) is 0 Å². The van der Waals surface area contributed by atoms with Crippen LogP contribution < -0.4 is 0 Å². The average molecular weight is 1110 g/mol. The molecule has 12 aromatic rings. The maximum atomic E-state index is 16.1. The minimum atomic E-state index is -5.07. The van der Waals surface area contributed by atoms with Crippen molar-refractivity contribution in [3.63, 3.8) is 0 Å². The largest absolute Gasteiger partial charge is 0.417 e. The normalized spacial score (nSPS) is 10.8. The third-order valence-electron chi connectivity index (χ3n) is 15.1. The molecule has 12 rings (SSSR count). The molecular formula is C71H29F3N12. The molecule has 0 saturated heterocycles. The quantitative estimate of drug-likeness (QED) is 0.146. The highest BCUT2D eigenvalue weighted by Crippen LogP contribution is 2.48. The van der Waals surface area contributed by atoms with Gasteiger partial charge in [-0.2, -0.15) is 65.8 Å². The zero-order chi connectivity index (χ0) is 60.1. The molecule has 0 fully saturated rings. The van der Waals surface area contributed by atoms with Crippen molar-refractivity contribution in [1.29, 1.82) is 52.6 Å². The molecule has 2 aromatic heterocycles. The second-order valence-electron chi connectivity index (χ2n) is 20.1. The molecule has 0 aliphatic rings. The van der Waals surface area contributed by atoms with Crippen LogP contribution in [-0.4, -0.2) is 9.13 Å². The van der Waals surface area contributed by atoms with E-state index in [9.17, 15) is 52.6 Å². The Morgan fingerprint density at radius 3 is 0.756 bits per heavy atom. The first-order chi connectivity index (χ1) is 41.7. The van der Waals surface area contributed by atoms with E-state index in [-0.39, 0.29) is 78.1 Å². The molecule has 0 spiro atoms. The van der Waals surface area contributed by atoms with Gasteiger partial charge in [0.1, 0.15) is 0 Å². The summed E-state index contributed by atoms with van der Waals surface area (Å²) in [7, 11) is 0. The fourth-order valence-electron chi connectivity index (χ4n) is 11.3. The van der Waals surface area contributed by atoms with Crippen molar-refractivity contribution in [2.24, 2.45) is 0 Å². The first-order valence-corrected chi connectivity index (χ1v) is 25.9. The highest BCUT2D eigenvalue weighted by atomic mass is 19.4. The molecule has 0 atom stereocenters. The van der Waals surface area contributed by atoms with Crippen LogP contribution in [0.2, 0.25) is 0 Å². The summed E-state index contributed by atoms with van der Waals surface area (Å²) in [5.74, 6) is 0. The fraction of sp³-hybridized carbons (Fsp3) is 0.0141. The van der Waals surface area contributed by atoms with E-state index >= 15 is 13.2 Å². The zero-order valence-electron chi connectivity index (χ0n) is 44.2. The van der Waals surface area contributed by atoms with Gasteiger partial charge in [0.05, 0.1) is 155 Å². The molecule has 0 bridgehead atoms. The van der Waals surface area contributed by atoms with E-state index in [1.165, 1.54) is 48.5 Å². The van der Waals surface area contributed by atoms with Gasteiger partial charge < -0.3 is 9.13 Å². The second kappa shape index (κ2) is 20.9. The molecular weight excluding hydrogens is 1080 g/mol. The minimum Gasteiger partial charge on any atom is -0.308 e. The highest BCUT2D eigenvalue weighted by molar-refractivity contribution is 6.14. The number of nitrogens with zero attached hydrogens (tertiary/aromatic N) is 12. The van der Waals surface area contributed by atoms with E-state index in [4.69, 9.17) is 0 Å². The number of nitriles is 10. The maximum Gasteiger partial charge on any atom is 0.417 e. The van der Waals surface area contributed by atoms with E-state index in [1.54, 1.807) is 106 Å². The van der Waals surface area contributed by atoms with Gasteiger partial charge in [0.2, 0.25) is 0 Å². The molecule has 0 aliphatic heterocycles. The van der Waals surface area contributed by atoms with Crippen molar-refractivity contribution in [1.82, 2.24) is 9.13 Å². The summed E-state index contributed by atoms with van der Waals surface area (Å²) in [5.41, 5.74) is 6.33. The lowest BCUT2D eigenvalue weighted by Gasteiger charge is -2.23. The Balaban J connectivity index is 1.24. The van der Waals surface area contributed by atoms with Crippen LogP contribution in [0.3, 0.4) is 0 Å². The molecule has 0 unspecified atom stereocenters. The first kappa shape index (κ1) is 53.1. The van der Waals surface area contributed by atoms with E-state index < -0.39 is 11.7 Å². The number of benzene rings is 10. The van der Waals surface area contributed by atoms with Gasteiger partial charge in [0.25, 0.3) is 0 Å². The smallest absolute Gasteiger partial charge is 0.308 e. The third kappa shape index (κ3) is 9.09. The van der Waals surface area contributed by atoms with Crippen molar-refractivity contribution in [2.45, 2.75) is 6.18 Å². The van der Waals surface area contributed by atoms with E-state index in [1.807, 2.05) is 30.3 Å². The Hall–Kier alpha value is -13.5. The Labute approximate surface area is 487 Å². The van der Waals surface area contributed by atoms with Gasteiger partial charge in [0.15, 0.2) is 0 Å². The first-order valence-electron chi connectivity index (χ1n) is 25.9. The Bertz CT molecular complexity index is 4800. The van der Waals surface area contributed by atoms with Crippen molar-refractivity contribution >= 4 is 43.6 Å². The number of alkyl halides is 3. The van der Waals surface area contributed by atoms with Crippen LogP contribution in [0.1, 0.15) is 61.2 Å². The minimum absolute atomic E-state index is 0.0249. The number of hydrogen-bond donors (Lipinski definition) is 0. The van der Waals surface area contributed by atoms with Gasteiger partial charge in [-0.3, -0.25) is 0 Å². The second-order valence-corrected chi connectivity index (χ2v) is 20.1. The third-order valence-corrected chi connectivity index (χ3v) is 15.1. The Kier molecular flexibility index (Phi) is 12.9. The van der Waals surface area contributed by atoms with Crippen molar-refractivity contribution in [2.75, 3.05) is 0 Å². The number of fused-ring (bicyclic) bond motifs is 6. The molecule has 0 N–H and O–H groups in total.